The second kappa shape index (κ2) is 7.78. The summed E-state index contributed by atoms with van der Waals surface area (Å²) in [5, 5.41) is 8.03. The summed E-state index contributed by atoms with van der Waals surface area (Å²) in [5.74, 6) is 0.0838. The van der Waals surface area contributed by atoms with Crippen molar-refractivity contribution in [3.63, 3.8) is 0 Å². The number of benzene rings is 1. The van der Waals surface area contributed by atoms with Crippen LogP contribution >= 0.6 is 11.6 Å². The molecular formula is C19H23ClN4O2. The predicted molar refractivity (Wildman–Crippen MR) is 98.9 cm³/mol. The Kier molecular flexibility index (Phi) is 5.24. The monoisotopic (exact) mass is 374 g/mol. The summed E-state index contributed by atoms with van der Waals surface area (Å²) in [6.07, 6.45) is 5.06. The smallest absolute Gasteiger partial charge is 0.222 e. The van der Waals surface area contributed by atoms with Crippen molar-refractivity contribution in [2.75, 3.05) is 19.7 Å². The number of aryl methyl sites for hydroxylation is 1. The zero-order chi connectivity index (χ0) is 17.9. The number of amides is 1. The minimum atomic E-state index is 0.0674. The minimum absolute atomic E-state index is 0.0674. The lowest BCUT2D eigenvalue weighted by Gasteiger charge is -2.35. The SMILES string of the molecule is O=C(CCn1cccn1)N[C@H]1C[C@H]2CO[C@@H](c3ccc(Cl)cc3)CN2C1. The second-order valence-electron chi connectivity index (χ2n) is 7.00. The van der Waals surface area contributed by atoms with E-state index in [1.54, 1.807) is 10.9 Å². The molecule has 0 saturated carbocycles. The molecule has 0 spiro atoms. The molecular weight excluding hydrogens is 352 g/mol. The van der Waals surface area contributed by atoms with Crippen LogP contribution in [-0.4, -0.2) is 52.4 Å². The standard InChI is InChI=1S/C19H23ClN4O2/c20-15-4-2-14(3-5-15)18-12-23-11-16(10-17(23)13-26-18)22-19(25)6-9-24-8-1-7-21-24/h1-5,7-8,16-18H,6,9-13H2,(H,22,25)/t16-,17-,18+/m0/s1. The van der Waals surface area contributed by atoms with Crippen molar-refractivity contribution in [3.8, 4) is 0 Å². The predicted octanol–water partition coefficient (Wildman–Crippen LogP) is 2.26. The number of hydrogen-bond acceptors (Lipinski definition) is 4. The normalized spacial score (nSPS) is 25.8. The number of carbonyl (C=O) groups excluding carboxylic acids is 1. The number of fused-ring (bicyclic) bond motifs is 1. The van der Waals surface area contributed by atoms with E-state index in [0.717, 1.165) is 30.1 Å². The first-order valence-corrected chi connectivity index (χ1v) is 9.43. The van der Waals surface area contributed by atoms with Crippen LogP contribution in [0.5, 0.6) is 0 Å². The van der Waals surface area contributed by atoms with Crippen LogP contribution in [0, 0.1) is 0 Å². The molecule has 3 heterocycles. The topological polar surface area (TPSA) is 59.4 Å². The van der Waals surface area contributed by atoms with Crippen molar-refractivity contribution in [1.29, 1.82) is 0 Å². The van der Waals surface area contributed by atoms with Crippen LogP contribution in [0.3, 0.4) is 0 Å². The van der Waals surface area contributed by atoms with Gasteiger partial charge < -0.3 is 10.1 Å². The molecule has 26 heavy (non-hydrogen) atoms. The molecule has 1 amide bonds. The average molecular weight is 375 g/mol. The lowest BCUT2D eigenvalue weighted by atomic mass is 10.1. The summed E-state index contributed by atoms with van der Waals surface area (Å²) in [7, 11) is 0. The molecule has 2 fully saturated rings. The van der Waals surface area contributed by atoms with Gasteiger partial charge in [-0.05, 0) is 30.2 Å². The van der Waals surface area contributed by atoms with E-state index >= 15 is 0 Å². The Morgan fingerprint density at radius 1 is 1.31 bits per heavy atom. The first kappa shape index (κ1) is 17.5. The zero-order valence-electron chi connectivity index (χ0n) is 14.6. The van der Waals surface area contributed by atoms with Crippen LogP contribution in [0.4, 0.5) is 0 Å². The Morgan fingerprint density at radius 2 is 2.15 bits per heavy atom. The number of halogens is 1. The third-order valence-electron chi connectivity index (χ3n) is 5.15. The largest absolute Gasteiger partial charge is 0.371 e. The summed E-state index contributed by atoms with van der Waals surface area (Å²) in [6.45, 7) is 3.05. The van der Waals surface area contributed by atoms with E-state index in [2.05, 4.69) is 15.3 Å². The van der Waals surface area contributed by atoms with Gasteiger partial charge in [-0.2, -0.15) is 5.10 Å². The number of carbonyl (C=O) groups is 1. The number of ether oxygens (including phenoxy) is 1. The second-order valence-corrected chi connectivity index (χ2v) is 7.44. The van der Waals surface area contributed by atoms with Crippen LogP contribution in [0.2, 0.25) is 5.02 Å². The maximum atomic E-state index is 12.2. The maximum Gasteiger partial charge on any atom is 0.222 e. The van der Waals surface area contributed by atoms with Crippen LogP contribution in [-0.2, 0) is 16.1 Å². The Morgan fingerprint density at radius 3 is 2.92 bits per heavy atom. The molecule has 3 atom stereocenters. The van der Waals surface area contributed by atoms with Crippen molar-refractivity contribution in [2.45, 2.75) is 37.6 Å². The highest BCUT2D eigenvalue weighted by Gasteiger charge is 2.38. The Labute approximate surface area is 158 Å². The van der Waals surface area contributed by atoms with Gasteiger partial charge in [-0.25, -0.2) is 0 Å². The van der Waals surface area contributed by atoms with Crippen molar-refractivity contribution in [3.05, 3.63) is 53.3 Å². The first-order chi connectivity index (χ1) is 12.7. The Balaban J connectivity index is 1.27. The quantitative estimate of drug-likeness (QED) is 0.872. The molecule has 4 rings (SSSR count). The van der Waals surface area contributed by atoms with Gasteiger partial charge in [0.2, 0.25) is 5.91 Å². The van der Waals surface area contributed by atoms with E-state index in [1.807, 2.05) is 36.5 Å². The van der Waals surface area contributed by atoms with E-state index in [1.165, 1.54) is 0 Å². The molecule has 1 N–H and O–H groups in total. The van der Waals surface area contributed by atoms with Crippen LogP contribution < -0.4 is 5.32 Å². The van der Waals surface area contributed by atoms with Gasteiger partial charge in [0.15, 0.2) is 0 Å². The summed E-state index contributed by atoms with van der Waals surface area (Å²) in [6, 6.07) is 10.3. The van der Waals surface area contributed by atoms with Crippen molar-refractivity contribution in [1.82, 2.24) is 20.0 Å². The minimum Gasteiger partial charge on any atom is -0.371 e. The van der Waals surface area contributed by atoms with E-state index in [4.69, 9.17) is 16.3 Å². The van der Waals surface area contributed by atoms with Crippen LogP contribution in [0.1, 0.15) is 24.5 Å². The Hall–Kier alpha value is -1.89. The number of aromatic nitrogens is 2. The van der Waals surface area contributed by atoms with Crippen molar-refractivity contribution in [2.24, 2.45) is 0 Å². The van der Waals surface area contributed by atoms with E-state index in [9.17, 15) is 4.79 Å². The molecule has 2 aliphatic heterocycles. The molecule has 0 bridgehead atoms. The molecule has 7 heteroatoms. The fourth-order valence-corrected chi connectivity index (χ4v) is 3.93. The van der Waals surface area contributed by atoms with Gasteiger partial charge in [-0.15, -0.1) is 0 Å². The van der Waals surface area contributed by atoms with Gasteiger partial charge >= 0.3 is 0 Å². The Bertz CT molecular complexity index is 735. The highest BCUT2D eigenvalue weighted by molar-refractivity contribution is 6.30. The maximum absolute atomic E-state index is 12.2. The molecule has 0 unspecified atom stereocenters. The fraction of sp³-hybridized carbons (Fsp3) is 0.474. The summed E-state index contributed by atoms with van der Waals surface area (Å²) < 4.78 is 7.84. The molecule has 2 aliphatic rings. The summed E-state index contributed by atoms with van der Waals surface area (Å²) >= 11 is 5.97. The third kappa shape index (κ3) is 4.09. The van der Waals surface area contributed by atoms with Crippen LogP contribution in [0.15, 0.2) is 42.7 Å². The van der Waals surface area contributed by atoms with E-state index < -0.39 is 0 Å². The highest BCUT2D eigenvalue weighted by Crippen LogP contribution is 2.30. The van der Waals surface area contributed by atoms with Crippen LogP contribution in [0.25, 0.3) is 0 Å². The highest BCUT2D eigenvalue weighted by atomic mass is 35.5. The molecule has 1 aromatic carbocycles. The van der Waals surface area contributed by atoms with Gasteiger partial charge in [-0.1, -0.05) is 23.7 Å². The van der Waals surface area contributed by atoms with Crippen molar-refractivity contribution >= 4 is 17.5 Å². The van der Waals surface area contributed by atoms with E-state index in [-0.39, 0.29) is 18.1 Å². The van der Waals surface area contributed by atoms with Gasteiger partial charge in [0.25, 0.3) is 0 Å². The molecule has 2 aromatic rings. The van der Waals surface area contributed by atoms with Crippen molar-refractivity contribution < 1.29 is 9.53 Å². The number of rotatable bonds is 5. The number of hydrogen-bond donors (Lipinski definition) is 1. The van der Waals surface area contributed by atoms with Gasteiger partial charge in [-0.3, -0.25) is 14.4 Å². The van der Waals surface area contributed by atoms with Gasteiger partial charge in [0.05, 0.1) is 12.7 Å². The average Bonchev–Trinajstić information content (AvgIpc) is 3.29. The molecule has 0 aliphatic carbocycles. The molecule has 1 aromatic heterocycles. The summed E-state index contributed by atoms with van der Waals surface area (Å²) in [5.41, 5.74) is 1.15. The number of nitrogens with one attached hydrogen (secondary N) is 1. The van der Waals surface area contributed by atoms with Gasteiger partial charge in [0.1, 0.15) is 0 Å². The molecule has 6 nitrogen and oxygen atoms in total. The van der Waals surface area contributed by atoms with E-state index in [0.29, 0.717) is 25.6 Å². The summed E-state index contributed by atoms with van der Waals surface area (Å²) in [4.78, 5) is 14.6. The molecule has 2 saturated heterocycles. The lowest BCUT2D eigenvalue weighted by Crippen LogP contribution is -2.43. The molecule has 0 radical (unpaired) electrons. The first-order valence-electron chi connectivity index (χ1n) is 9.05. The fourth-order valence-electron chi connectivity index (χ4n) is 3.81. The molecule has 138 valence electrons. The van der Waals surface area contributed by atoms with Gasteiger partial charge in [0, 0.05) is 55.6 Å². The lowest BCUT2D eigenvalue weighted by molar-refractivity contribution is -0.122. The number of nitrogens with zero attached hydrogens (tertiary/aromatic N) is 3. The third-order valence-corrected chi connectivity index (χ3v) is 5.40. The zero-order valence-corrected chi connectivity index (χ0v) is 15.3. The number of morpholine rings is 1.